The van der Waals surface area contributed by atoms with Gasteiger partial charge in [-0.05, 0) is 38.0 Å². The molecule has 4 rings (SSSR count). The van der Waals surface area contributed by atoms with E-state index in [2.05, 4.69) is 27.8 Å². The molecule has 0 bridgehead atoms. The molecule has 170 valence electrons. The van der Waals surface area contributed by atoms with Crippen LogP contribution in [-0.2, 0) is 13.0 Å². The van der Waals surface area contributed by atoms with Crippen LogP contribution < -0.4 is 14.2 Å². The van der Waals surface area contributed by atoms with E-state index in [0.29, 0.717) is 23.8 Å². The normalized spacial score (nSPS) is 12.6. The number of unbranched alkanes of at least 4 members (excludes halogenated alkanes) is 3. The first-order valence-corrected chi connectivity index (χ1v) is 11.8. The second-order valence-electron chi connectivity index (χ2n) is 7.82. The first kappa shape index (κ1) is 22.3. The van der Waals surface area contributed by atoms with Crippen LogP contribution in [0.4, 0.5) is 0 Å². The standard InChI is InChI=1S/C24H30N4O3S/c1-6-7-8-9-10-17-13-18-22(16-11-19(29-3)23(31-5)20(12-16)30-4)25-14-21-27-26-15(2)28(21)24(18)32-17/h11-13H,6-10,14H2,1-5H3. The van der Waals surface area contributed by atoms with Crippen molar-refractivity contribution in [1.82, 2.24) is 14.8 Å². The number of aromatic nitrogens is 3. The van der Waals surface area contributed by atoms with Gasteiger partial charge in [-0.3, -0.25) is 9.56 Å². The van der Waals surface area contributed by atoms with Gasteiger partial charge in [0.1, 0.15) is 17.4 Å². The predicted molar refractivity (Wildman–Crippen MR) is 127 cm³/mol. The van der Waals surface area contributed by atoms with Gasteiger partial charge in [-0.1, -0.05) is 26.2 Å². The van der Waals surface area contributed by atoms with Crippen molar-refractivity contribution in [3.8, 4) is 22.2 Å². The second kappa shape index (κ2) is 9.73. The third-order valence-electron chi connectivity index (χ3n) is 5.71. The molecule has 0 saturated heterocycles. The summed E-state index contributed by atoms with van der Waals surface area (Å²) >= 11 is 1.81. The minimum absolute atomic E-state index is 0.458. The van der Waals surface area contributed by atoms with Gasteiger partial charge in [-0.25, -0.2) is 0 Å². The van der Waals surface area contributed by atoms with Crippen molar-refractivity contribution in [3.05, 3.63) is 45.9 Å². The van der Waals surface area contributed by atoms with Crippen LogP contribution in [0.5, 0.6) is 17.2 Å². The fraction of sp³-hybridized carbons (Fsp3) is 0.458. The topological polar surface area (TPSA) is 70.8 Å². The van der Waals surface area contributed by atoms with E-state index in [1.807, 2.05) is 30.4 Å². The minimum atomic E-state index is 0.458. The predicted octanol–water partition coefficient (Wildman–Crippen LogP) is 5.14. The van der Waals surface area contributed by atoms with Crippen molar-refractivity contribution in [2.24, 2.45) is 4.99 Å². The molecule has 7 nitrogen and oxygen atoms in total. The Kier molecular flexibility index (Phi) is 6.79. The number of fused-ring (bicyclic) bond motifs is 3. The van der Waals surface area contributed by atoms with Crippen LogP contribution in [0.2, 0.25) is 0 Å². The monoisotopic (exact) mass is 454 g/mol. The summed E-state index contributed by atoms with van der Waals surface area (Å²) in [5.74, 6) is 3.53. The molecule has 0 unspecified atom stereocenters. The van der Waals surface area contributed by atoms with Gasteiger partial charge in [0.05, 0.1) is 27.0 Å². The van der Waals surface area contributed by atoms with Crippen molar-refractivity contribution in [3.63, 3.8) is 0 Å². The zero-order valence-electron chi connectivity index (χ0n) is 19.4. The Labute approximate surface area is 193 Å². The SMILES string of the molecule is CCCCCCc1cc2c(s1)-n1c(C)nnc1CN=C2c1cc(OC)c(OC)c(OC)c1. The highest BCUT2D eigenvalue weighted by Crippen LogP contribution is 2.40. The molecule has 0 saturated carbocycles. The summed E-state index contributed by atoms with van der Waals surface area (Å²) in [5.41, 5.74) is 2.92. The van der Waals surface area contributed by atoms with Crippen molar-refractivity contribution in [2.45, 2.75) is 52.5 Å². The first-order chi connectivity index (χ1) is 15.6. The molecule has 3 aromatic rings. The highest BCUT2D eigenvalue weighted by Gasteiger charge is 2.26. The van der Waals surface area contributed by atoms with Crippen LogP contribution in [0.15, 0.2) is 23.2 Å². The largest absolute Gasteiger partial charge is 0.493 e. The summed E-state index contributed by atoms with van der Waals surface area (Å²) in [6.07, 6.45) is 6.03. The number of methoxy groups -OCH3 is 3. The number of hydrogen-bond acceptors (Lipinski definition) is 7. The Morgan fingerprint density at radius 2 is 1.72 bits per heavy atom. The molecular formula is C24H30N4O3S. The summed E-state index contributed by atoms with van der Waals surface area (Å²) in [6.45, 7) is 4.69. The van der Waals surface area contributed by atoms with E-state index in [1.165, 1.54) is 30.6 Å². The molecule has 3 heterocycles. The fourth-order valence-electron chi connectivity index (χ4n) is 4.09. The number of aliphatic imine (C=N–C) groups is 1. The number of ether oxygens (including phenoxy) is 3. The molecule has 2 aromatic heterocycles. The lowest BCUT2D eigenvalue weighted by molar-refractivity contribution is 0.324. The van der Waals surface area contributed by atoms with Gasteiger partial charge in [-0.2, -0.15) is 0 Å². The maximum Gasteiger partial charge on any atom is 0.203 e. The third kappa shape index (κ3) is 4.11. The van der Waals surface area contributed by atoms with Crippen LogP contribution >= 0.6 is 11.3 Å². The number of nitrogens with zero attached hydrogens (tertiary/aromatic N) is 4. The fourth-order valence-corrected chi connectivity index (χ4v) is 5.35. The van der Waals surface area contributed by atoms with Gasteiger partial charge < -0.3 is 14.2 Å². The minimum Gasteiger partial charge on any atom is -0.493 e. The van der Waals surface area contributed by atoms with E-state index in [9.17, 15) is 0 Å². The zero-order chi connectivity index (χ0) is 22.7. The van der Waals surface area contributed by atoms with Crippen LogP contribution in [0.3, 0.4) is 0 Å². The van der Waals surface area contributed by atoms with E-state index in [4.69, 9.17) is 19.2 Å². The number of benzene rings is 1. The quantitative estimate of drug-likeness (QED) is 0.419. The van der Waals surface area contributed by atoms with Gasteiger partial charge in [0.15, 0.2) is 17.3 Å². The van der Waals surface area contributed by atoms with E-state index in [-0.39, 0.29) is 0 Å². The van der Waals surface area contributed by atoms with Crippen molar-refractivity contribution < 1.29 is 14.2 Å². The summed E-state index contributed by atoms with van der Waals surface area (Å²) in [4.78, 5) is 6.32. The lowest BCUT2D eigenvalue weighted by atomic mass is 10.0. The Morgan fingerprint density at radius 1 is 0.969 bits per heavy atom. The Bertz CT molecular complexity index is 1110. The molecule has 1 aromatic carbocycles. The molecule has 0 radical (unpaired) electrons. The van der Waals surface area contributed by atoms with Gasteiger partial charge in [-0.15, -0.1) is 21.5 Å². The van der Waals surface area contributed by atoms with Crippen molar-refractivity contribution in [2.75, 3.05) is 21.3 Å². The van der Waals surface area contributed by atoms with Crippen LogP contribution in [0.1, 0.15) is 60.3 Å². The Hall–Kier alpha value is -2.87. The second-order valence-corrected chi connectivity index (χ2v) is 8.94. The van der Waals surface area contributed by atoms with Crippen molar-refractivity contribution in [1.29, 1.82) is 0 Å². The Balaban J connectivity index is 1.81. The maximum absolute atomic E-state index is 5.59. The van der Waals surface area contributed by atoms with Crippen LogP contribution in [0.25, 0.3) is 5.00 Å². The molecular weight excluding hydrogens is 424 g/mol. The van der Waals surface area contributed by atoms with Crippen LogP contribution in [0, 0.1) is 6.92 Å². The third-order valence-corrected chi connectivity index (χ3v) is 6.89. The summed E-state index contributed by atoms with van der Waals surface area (Å²) < 4.78 is 18.8. The smallest absolute Gasteiger partial charge is 0.203 e. The highest BCUT2D eigenvalue weighted by atomic mass is 32.1. The molecule has 0 fully saturated rings. The van der Waals surface area contributed by atoms with E-state index in [0.717, 1.165) is 39.9 Å². The average Bonchev–Trinajstić information content (AvgIpc) is 3.34. The van der Waals surface area contributed by atoms with Gasteiger partial charge >= 0.3 is 0 Å². The molecule has 0 N–H and O–H groups in total. The summed E-state index contributed by atoms with van der Waals surface area (Å²) in [5, 5.41) is 9.80. The number of hydrogen-bond donors (Lipinski definition) is 0. The molecule has 0 amide bonds. The van der Waals surface area contributed by atoms with Gasteiger partial charge in [0.2, 0.25) is 5.75 Å². The molecule has 1 aliphatic heterocycles. The summed E-state index contributed by atoms with van der Waals surface area (Å²) in [6, 6.07) is 6.20. The lowest BCUT2D eigenvalue weighted by Gasteiger charge is -2.15. The van der Waals surface area contributed by atoms with Crippen molar-refractivity contribution >= 4 is 17.0 Å². The molecule has 32 heavy (non-hydrogen) atoms. The number of aryl methyl sites for hydroxylation is 2. The maximum atomic E-state index is 5.59. The molecule has 0 spiro atoms. The summed E-state index contributed by atoms with van der Waals surface area (Å²) in [7, 11) is 4.87. The van der Waals surface area contributed by atoms with E-state index in [1.54, 1.807) is 21.3 Å². The van der Waals surface area contributed by atoms with Gasteiger partial charge in [0, 0.05) is 16.0 Å². The molecule has 1 aliphatic rings. The first-order valence-electron chi connectivity index (χ1n) is 11.0. The zero-order valence-corrected chi connectivity index (χ0v) is 20.2. The van der Waals surface area contributed by atoms with E-state index >= 15 is 0 Å². The number of rotatable bonds is 9. The molecule has 0 aliphatic carbocycles. The van der Waals surface area contributed by atoms with Crippen LogP contribution in [-0.4, -0.2) is 41.8 Å². The lowest BCUT2D eigenvalue weighted by Crippen LogP contribution is -2.07. The number of thiophene rings is 1. The highest BCUT2D eigenvalue weighted by molar-refractivity contribution is 7.15. The molecule has 8 heteroatoms. The van der Waals surface area contributed by atoms with E-state index < -0.39 is 0 Å². The Morgan fingerprint density at radius 3 is 2.38 bits per heavy atom. The molecule has 0 atom stereocenters. The van der Waals surface area contributed by atoms with Gasteiger partial charge in [0.25, 0.3) is 0 Å². The average molecular weight is 455 g/mol.